The highest BCUT2D eigenvalue weighted by atomic mass is 16.1. The number of carbonyl (C=O) groups is 1. The van der Waals surface area contributed by atoms with Gasteiger partial charge in [0, 0.05) is 11.8 Å². The number of nitrogens with zero attached hydrogens (tertiary/aromatic N) is 2. The second-order valence-corrected chi connectivity index (χ2v) is 7.49. The van der Waals surface area contributed by atoms with Gasteiger partial charge in [-0.1, -0.05) is 45.0 Å². The molecule has 0 radical (unpaired) electrons. The van der Waals surface area contributed by atoms with Crippen molar-refractivity contribution in [3.63, 3.8) is 0 Å². The predicted octanol–water partition coefficient (Wildman–Crippen LogP) is 4.42. The predicted molar refractivity (Wildman–Crippen MR) is 86.7 cm³/mol. The fourth-order valence-electron chi connectivity index (χ4n) is 2.17. The van der Waals surface area contributed by atoms with E-state index in [0.717, 1.165) is 17.5 Å². The van der Waals surface area contributed by atoms with Gasteiger partial charge < -0.3 is 0 Å². The molecule has 0 aliphatic heterocycles. The van der Waals surface area contributed by atoms with Gasteiger partial charge in [-0.15, -0.1) is 0 Å². The summed E-state index contributed by atoms with van der Waals surface area (Å²) in [6.07, 6.45) is 2.70. The molecule has 21 heavy (non-hydrogen) atoms. The first-order chi connectivity index (χ1) is 9.63. The van der Waals surface area contributed by atoms with Crippen LogP contribution in [0.4, 0.5) is 0 Å². The van der Waals surface area contributed by atoms with Gasteiger partial charge in [0.1, 0.15) is 5.69 Å². The van der Waals surface area contributed by atoms with Gasteiger partial charge >= 0.3 is 0 Å². The van der Waals surface area contributed by atoms with Crippen LogP contribution in [0, 0.1) is 0 Å². The van der Waals surface area contributed by atoms with Crippen LogP contribution in [0.2, 0.25) is 0 Å². The second-order valence-electron chi connectivity index (χ2n) is 7.49. The van der Waals surface area contributed by atoms with Crippen molar-refractivity contribution in [2.45, 2.75) is 52.5 Å². The zero-order chi connectivity index (χ0) is 15.8. The lowest BCUT2D eigenvalue weighted by Gasteiger charge is -2.19. The number of rotatable bonds is 2. The van der Waals surface area contributed by atoms with Crippen molar-refractivity contribution in [2.75, 3.05) is 0 Å². The SMILES string of the molecule is CC(C)(C)c1ccc(-c2nn(C(C)(C)C)cc2C=O)cc1. The van der Waals surface area contributed by atoms with Crippen LogP contribution in [0.15, 0.2) is 30.5 Å². The van der Waals surface area contributed by atoms with Crippen LogP contribution in [0.3, 0.4) is 0 Å². The number of hydrogen-bond donors (Lipinski definition) is 0. The Morgan fingerprint density at radius 1 is 1.00 bits per heavy atom. The molecule has 0 spiro atoms. The Bertz CT molecular complexity index is 637. The van der Waals surface area contributed by atoms with E-state index in [-0.39, 0.29) is 11.0 Å². The van der Waals surface area contributed by atoms with Crippen LogP contribution < -0.4 is 0 Å². The van der Waals surface area contributed by atoms with Gasteiger partial charge in [-0.2, -0.15) is 5.10 Å². The number of hydrogen-bond acceptors (Lipinski definition) is 2. The molecule has 0 aliphatic carbocycles. The number of benzene rings is 1. The van der Waals surface area contributed by atoms with Crippen molar-refractivity contribution in [3.8, 4) is 11.3 Å². The third-order valence-electron chi connectivity index (χ3n) is 3.58. The molecule has 1 aromatic heterocycles. The molecule has 0 amide bonds. The molecule has 3 nitrogen and oxygen atoms in total. The first-order valence-corrected chi connectivity index (χ1v) is 7.29. The van der Waals surface area contributed by atoms with Crippen LogP contribution in [0.25, 0.3) is 11.3 Å². The van der Waals surface area contributed by atoms with Gasteiger partial charge in [0.2, 0.25) is 0 Å². The minimum atomic E-state index is -0.138. The van der Waals surface area contributed by atoms with Crippen molar-refractivity contribution >= 4 is 6.29 Å². The normalized spacial score (nSPS) is 12.5. The lowest BCUT2D eigenvalue weighted by molar-refractivity contribution is 0.112. The Kier molecular flexibility index (Phi) is 3.79. The summed E-state index contributed by atoms with van der Waals surface area (Å²) in [5.74, 6) is 0. The molecule has 3 heteroatoms. The molecular formula is C18H24N2O. The van der Waals surface area contributed by atoms with E-state index in [1.807, 2.05) is 23.0 Å². The smallest absolute Gasteiger partial charge is 0.153 e. The molecule has 112 valence electrons. The number of aromatic nitrogens is 2. The van der Waals surface area contributed by atoms with Crippen LogP contribution in [-0.2, 0) is 11.0 Å². The molecule has 0 unspecified atom stereocenters. The average molecular weight is 284 g/mol. The molecule has 0 fully saturated rings. The minimum absolute atomic E-state index is 0.122. The molecule has 0 saturated carbocycles. The molecule has 0 saturated heterocycles. The van der Waals surface area contributed by atoms with E-state index in [0.29, 0.717) is 5.56 Å². The van der Waals surface area contributed by atoms with Crippen molar-refractivity contribution in [3.05, 3.63) is 41.6 Å². The molecule has 0 atom stereocenters. The monoisotopic (exact) mass is 284 g/mol. The molecule has 0 bridgehead atoms. The van der Waals surface area contributed by atoms with E-state index in [1.165, 1.54) is 5.56 Å². The van der Waals surface area contributed by atoms with Crippen molar-refractivity contribution in [2.24, 2.45) is 0 Å². The highest BCUT2D eigenvalue weighted by molar-refractivity contribution is 5.85. The van der Waals surface area contributed by atoms with Crippen LogP contribution >= 0.6 is 0 Å². The van der Waals surface area contributed by atoms with Crippen molar-refractivity contribution in [1.82, 2.24) is 9.78 Å². The third-order valence-corrected chi connectivity index (χ3v) is 3.58. The highest BCUT2D eigenvalue weighted by Crippen LogP contribution is 2.28. The molecule has 0 N–H and O–H groups in total. The van der Waals surface area contributed by atoms with Crippen LogP contribution in [0.5, 0.6) is 0 Å². The van der Waals surface area contributed by atoms with Gasteiger partial charge in [0.25, 0.3) is 0 Å². The average Bonchev–Trinajstić information content (AvgIpc) is 2.81. The summed E-state index contributed by atoms with van der Waals surface area (Å²) in [6.45, 7) is 12.8. The zero-order valence-electron chi connectivity index (χ0n) is 13.8. The Balaban J connectivity index is 2.47. The first kappa shape index (κ1) is 15.5. The van der Waals surface area contributed by atoms with Gasteiger partial charge in [0.05, 0.1) is 11.1 Å². The topological polar surface area (TPSA) is 34.9 Å². The van der Waals surface area contributed by atoms with Crippen molar-refractivity contribution < 1.29 is 4.79 Å². The summed E-state index contributed by atoms with van der Waals surface area (Å²) in [6, 6.07) is 8.31. The molecule has 1 aromatic carbocycles. The number of aldehydes is 1. The van der Waals surface area contributed by atoms with E-state index in [9.17, 15) is 4.79 Å². The molecule has 2 aromatic rings. The fourth-order valence-corrected chi connectivity index (χ4v) is 2.17. The van der Waals surface area contributed by atoms with Crippen LogP contribution in [0.1, 0.15) is 57.5 Å². The third kappa shape index (κ3) is 3.23. The van der Waals surface area contributed by atoms with E-state index in [2.05, 4.69) is 58.8 Å². The summed E-state index contributed by atoms with van der Waals surface area (Å²) >= 11 is 0. The Morgan fingerprint density at radius 2 is 1.57 bits per heavy atom. The number of carbonyl (C=O) groups excluding carboxylic acids is 1. The largest absolute Gasteiger partial charge is 0.298 e. The van der Waals surface area contributed by atoms with Crippen LogP contribution in [-0.4, -0.2) is 16.1 Å². The maximum Gasteiger partial charge on any atom is 0.153 e. The van der Waals surface area contributed by atoms with Gasteiger partial charge in [-0.3, -0.25) is 9.48 Å². The fraction of sp³-hybridized carbons (Fsp3) is 0.444. The second kappa shape index (κ2) is 5.14. The molecule has 2 rings (SSSR count). The molecule has 0 aliphatic rings. The Labute approximate surface area is 127 Å². The molecule has 1 heterocycles. The first-order valence-electron chi connectivity index (χ1n) is 7.29. The molecular weight excluding hydrogens is 260 g/mol. The van der Waals surface area contributed by atoms with Gasteiger partial charge in [-0.05, 0) is 31.7 Å². The Morgan fingerprint density at radius 3 is 2.00 bits per heavy atom. The summed E-state index contributed by atoms with van der Waals surface area (Å²) < 4.78 is 1.85. The summed E-state index contributed by atoms with van der Waals surface area (Å²) in [7, 11) is 0. The summed E-state index contributed by atoms with van der Waals surface area (Å²) in [5, 5.41) is 4.60. The van der Waals surface area contributed by atoms with Gasteiger partial charge in [-0.25, -0.2) is 0 Å². The standard InChI is InChI=1S/C18H24N2O/c1-17(2,3)15-9-7-13(8-10-15)16-14(12-21)11-20(19-16)18(4,5)6/h7-12H,1-6H3. The van der Waals surface area contributed by atoms with E-state index >= 15 is 0 Å². The van der Waals surface area contributed by atoms with E-state index in [4.69, 9.17) is 0 Å². The zero-order valence-corrected chi connectivity index (χ0v) is 13.8. The highest BCUT2D eigenvalue weighted by Gasteiger charge is 2.19. The minimum Gasteiger partial charge on any atom is -0.298 e. The maximum atomic E-state index is 11.3. The maximum absolute atomic E-state index is 11.3. The quantitative estimate of drug-likeness (QED) is 0.765. The lowest BCUT2D eigenvalue weighted by atomic mass is 9.86. The van der Waals surface area contributed by atoms with E-state index < -0.39 is 0 Å². The van der Waals surface area contributed by atoms with E-state index in [1.54, 1.807) is 0 Å². The lowest BCUT2D eigenvalue weighted by Crippen LogP contribution is -2.22. The van der Waals surface area contributed by atoms with Gasteiger partial charge in [0.15, 0.2) is 6.29 Å². The van der Waals surface area contributed by atoms with Crippen molar-refractivity contribution in [1.29, 1.82) is 0 Å². The summed E-state index contributed by atoms with van der Waals surface area (Å²) in [5.41, 5.74) is 3.62. The Hall–Kier alpha value is -1.90. The summed E-state index contributed by atoms with van der Waals surface area (Å²) in [4.78, 5) is 11.3.